The summed E-state index contributed by atoms with van der Waals surface area (Å²) in [4.78, 5) is 33.7. The number of nitro groups is 1. The third-order valence-electron chi connectivity index (χ3n) is 4.14. The second-order valence-corrected chi connectivity index (χ2v) is 6.27. The second kappa shape index (κ2) is 8.87. The molecule has 0 bridgehead atoms. The molecule has 2 rings (SSSR count). The van der Waals surface area contributed by atoms with Crippen LogP contribution in [0.2, 0.25) is 0 Å². The van der Waals surface area contributed by atoms with E-state index in [1.165, 1.54) is 18.5 Å². The lowest BCUT2D eigenvalue weighted by atomic mass is 10.2. The Kier molecular flexibility index (Phi) is 6.55. The van der Waals surface area contributed by atoms with Gasteiger partial charge in [0, 0.05) is 0 Å². The quantitative estimate of drug-likeness (QED) is 0.419. The summed E-state index contributed by atoms with van der Waals surface area (Å²) in [6.07, 6.45) is 0. The second-order valence-electron chi connectivity index (χ2n) is 6.27. The van der Waals surface area contributed by atoms with Gasteiger partial charge in [-0.1, -0.05) is 6.58 Å². The van der Waals surface area contributed by atoms with Crippen LogP contribution < -0.4 is 21.3 Å². The molecule has 11 heteroatoms. The number of rotatable bonds is 9. The molecular formula is C18H22N6O5. The summed E-state index contributed by atoms with van der Waals surface area (Å²) in [7, 11) is 0. The first-order chi connectivity index (χ1) is 13.6. The first-order valence-electron chi connectivity index (χ1n) is 8.58. The number of nitrogens with zero attached hydrogens (tertiary/aromatic N) is 3. The molecule has 1 heterocycles. The molecule has 2 amide bonds. The van der Waals surface area contributed by atoms with Gasteiger partial charge in [0.05, 0.1) is 10.6 Å². The third-order valence-corrected chi connectivity index (χ3v) is 4.14. The minimum Gasteiger partial charge on any atom is -0.484 e. The molecule has 0 saturated heterocycles. The predicted molar refractivity (Wildman–Crippen MR) is 105 cm³/mol. The molecule has 4 N–H and O–H groups in total. The van der Waals surface area contributed by atoms with Crippen molar-refractivity contribution in [1.29, 1.82) is 0 Å². The van der Waals surface area contributed by atoms with Crippen LogP contribution in [-0.4, -0.2) is 33.1 Å². The summed E-state index contributed by atoms with van der Waals surface area (Å²) in [6, 6.07) is 5.85. The molecule has 29 heavy (non-hydrogen) atoms. The maximum atomic E-state index is 12.4. The lowest BCUT2D eigenvalue weighted by Crippen LogP contribution is -2.40. The Balaban J connectivity index is 1.98. The van der Waals surface area contributed by atoms with Crippen LogP contribution in [0.4, 0.5) is 5.69 Å². The fourth-order valence-corrected chi connectivity index (χ4v) is 2.63. The van der Waals surface area contributed by atoms with Gasteiger partial charge in [-0.3, -0.25) is 35.2 Å². The fourth-order valence-electron chi connectivity index (χ4n) is 2.63. The van der Waals surface area contributed by atoms with Gasteiger partial charge < -0.3 is 10.5 Å². The number of benzene rings is 1. The SMILES string of the molecule is C=C(NNC(=O)C(C)n1nc(C)c([N+](=O)[O-])c1C)c1ccc(OCC(N)=O)cc1. The lowest BCUT2D eigenvalue weighted by molar-refractivity contribution is -0.386. The summed E-state index contributed by atoms with van der Waals surface area (Å²) in [5.74, 6) is -0.567. The summed E-state index contributed by atoms with van der Waals surface area (Å²) in [5, 5.41) is 15.2. The van der Waals surface area contributed by atoms with Gasteiger partial charge in [0.25, 0.3) is 11.8 Å². The Morgan fingerprint density at radius 1 is 1.31 bits per heavy atom. The first-order valence-corrected chi connectivity index (χ1v) is 8.58. The largest absolute Gasteiger partial charge is 0.484 e. The number of ether oxygens (including phenoxy) is 1. The smallest absolute Gasteiger partial charge is 0.312 e. The van der Waals surface area contributed by atoms with Gasteiger partial charge >= 0.3 is 5.69 Å². The van der Waals surface area contributed by atoms with Gasteiger partial charge in [0.2, 0.25) is 0 Å². The third kappa shape index (κ3) is 5.09. The van der Waals surface area contributed by atoms with Crippen LogP contribution in [0.1, 0.15) is 29.9 Å². The molecule has 0 fully saturated rings. The minimum absolute atomic E-state index is 0.110. The number of aromatic nitrogens is 2. The van der Waals surface area contributed by atoms with Crippen molar-refractivity contribution in [3.8, 4) is 5.75 Å². The van der Waals surface area contributed by atoms with E-state index in [-0.39, 0.29) is 18.0 Å². The van der Waals surface area contributed by atoms with Crippen LogP contribution >= 0.6 is 0 Å². The first kappa shape index (κ1) is 21.4. The molecule has 1 unspecified atom stereocenters. The van der Waals surface area contributed by atoms with Crippen molar-refractivity contribution in [3.63, 3.8) is 0 Å². The highest BCUT2D eigenvalue weighted by atomic mass is 16.6. The molecule has 1 aromatic heterocycles. The van der Waals surface area contributed by atoms with Crippen molar-refractivity contribution >= 4 is 23.2 Å². The molecule has 0 spiro atoms. The van der Waals surface area contributed by atoms with Gasteiger partial charge in [0.15, 0.2) is 6.61 Å². The molecule has 0 saturated carbocycles. The number of amides is 2. The topological polar surface area (TPSA) is 154 Å². The Hall–Kier alpha value is -3.89. The number of hydrogen-bond acceptors (Lipinski definition) is 7. The van der Waals surface area contributed by atoms with Crippen LogP contribution in [0.3, 0.4) is 0 Å². The highest BCUT2D eigenvalue weighted by Gasteiger charge is 2.27. The molecule has 0 aliphatic heterocycles. The van der Waals surface area contributed by atoms with Gasteiger partial charge in [0.1, 0.15) is 23.2 Å². The van der Waals surface area contributed by atoms with E-state index in [9.17, 15) is 19.7 Å². The van der Waals surface area contributed by atoms with Crippen molar-refractivity contribution in [2.75, 3.05) is 6.61 Å². The number of primary amides is 1. The summed E-state index contributed by atoms with van der Waals surface area (Å²) >= 11 is 0. The molecule has 2 aromatic rings. The van der Waals surface area contributed by atoms with E-state index in [1.54, 1.807) is 31.2 Å². The number of aryl methyl sites for hydroxylation is 1. The number of nitrogens with one attached hydrogen (secondary N) is 2. The van der Waals surface area contributed by atoms with Crippen molar-refractivity contribution in [1.82, 2.24) is 20.6 Å². The van der Waals surface area contributed by atoms with Crippen molar-refractivity contribution in [2.45, 2.75) is 26.8 Å². The van der Waals surface area contributed by atoms with Gasteiger partial charge in [-0.2, -0.15) is 5.10 Å². The van der Waals surface area contributed by atoms with Gasteiger partial charge in [-0.05, 0) is 50.6 Å². The normalized spacial score (nSPS) is 11.4. The number of carbonyl (C=O) groups excluding carboxylic acids is 2. The fraction of sp³-hybridized carbons (Fsp3) is 0.278. The van der Waals surface area contributed by atoms with Crippen LogP contribution in [0.5, 0.6) is 5.75 Å². The summed E-state index contributed by atoms with van der Waals surface area (Å²) in [5.41, 5.74) is 11.7. The van der Waals surface area contributed by atoms with E-state index in [0.29, 0.717) is 22.7 Å². The van der Waals surface area contributed by atoms with Crippen LogP contribution in [0.25, 0.3) is 5.70 Å². The molecule has 0 aliphatic rings. The van der Waals surface area contributed by atoms with E-state index >= 15 is 0 Å². The Morgan fingerprint density at radius 3 is 2.45 bits per heavy atom. The van der Waals surface area contributed by atoms with E-state index in [4.69, 9.17) is 10.5 Å². The lowest BCUT2D eigenvalue weighted by Gasteiger charge is -2.16. The molecule has 11 nitrogen and oxygen atoms in total. The summed E-state index contributed by atoms with van der Waals surface area (Å²) < 4.78 is 6.47. The highest BCUT2D eigenvalue weighted by Crippen LogP contribution is 2.24. The van der Waals surface area contributed by atoms with E-state index in [0.717, 1.165) is 0 Å². The Bertz CT molecular complexity index is 950. The van der Waals surface area contributed by atoms with Crippen LogP contribution in [0, 0.1) is 24.0 Å². The number of carbonyl (C=O) groups is 2. The molecule has 154 valence electrons. The number of hydrogen-bond donors (Lipinski definition) is 3. The standard InChI is InChI=1S/C18H22N6O5/c1-10(14-5-7-15(8-6-14)29-9-16(19)25)20-21-18(26)13(4)23-12(3)17(24(27)28)11(2)22-23/h5-8,13,20H,1,9H2,2-4H3,(H2,19,25)(H,21,26). The van der Waals surface area contributed by atoms with E-state index in [2.05, 4.69) is 22.5 Å². The van der Waals surface area contributed by atoms with E-state index < -0.39 is 22.8 Å². The average Bonchev–Trinajstić information content (AvgIpc) is 2.98. The zero-order chi connectivity index (χ0) is 21.7. The van der Waals surface area contributed by atoms with E-state index in [1.807, 2.05) is 0 Å². The van der Waals surface area contributed by atoms with Crippen LogP contribution in [0.15, 0.2) is 30.8 Å². The average molecular weight is 402 g/mol. The molecule has 0 aliphatic carbocycles. The minimum atomic E-state index is -0.785. The van der Waals surface area contributed by atoms with Crippen LogP contribution in [-0.2, 0) is 9.59 Å². The molecule has 0 radical (unpaired) electrons. The van der Waals surface area contributed by atoms with Gasteiger partial charge in [-0.15, -0.1) is 0 Å². The molecule has 1 aromatic carbocycles. The number of hydrazine groups is 1. The van der Waals surface area contributed by atoms with Gasteiger partial charge in [-0.25, -0.2) is 0 Å². The van der Waals surface area contributed by atoms with Crippen molar-refractivity contribution < 1.29 is 19.2 Å². The zero-order valence-electron chi connectivity index (χ0n) is 16.3. The Labute approximate surface area is 166 Å². The van der Waals surface area contributed by atoms with Crippen molar-refractivity contribution in [3.05, 3.63) is 57.9 Å². The monoisotopic (exact) mass is 402 g/mol. The Morgan fingerprint density at radius 2 is 1.93 bits per heavy atom. The molecular weight excluding hydrogens is 380 g/mol. The maximum Gasteiger partial charge on any atom is 0.312 e. The summed E-state index contributed by atoms with van der Waals surface area (Å²) in [6.45, 7) is 8.25. The predicted octanol–water partition coefficient (Wildman–Crippen LogP) is 1.12. The zero-order valence-corrected chi connectivity index (χ0v) is 16.3. The van der Waals surface area contributed by atoms with Crippen molar-refractivity contribution in [2.24, 2.45) is 5.73 Å². The number of nitrogens with two attached hydrogens (primary N) is 1. The molecule has 1 atom stereocenters. The highest BCUT2D eigenvalue weighted by molar-refractivity contribution is 5.81. The maximum absolute atomic E-state index is 12.4.